The Morgan fingerprint density at radius 1 is 1.29 bits per heavy atom. The van der Waals surface area contributed by atoms with Gasteiger partial charge in [0.2, 0.25) is 10.0 Å². The number of aryl methyl sites for hydroxylation is 2. The molecule has 134 valence electrons. The molecule has 24 heavy (non-hydrogen) atoms. The van der Waals surface area contributed by atoms with Gasteiger partial charge in [-0.2, -0.15) is 4.31 Å². The maximum absolute atomic E-state index is 12.9. The van der Waals surface area contributed by atoms with E-state index < -0.39 is 56.0 Å². The average Bonchev–Trinajstić information content (AvgIpc) is 2.71. The quantitative estimate of drug-likeness (QED) is 0.710. The van der Waals surface area contributed by atoms with Crippen molar-refractivity contribution < 1.29 is 31.8 Å². The van der Waals surface area contributed by atoms with Gasteiger partial charge in [0.05, 0.1) is 28.5 Å². The number of benzene rings is 1. The van der Waals surface area contributed by atoms with E-state index in [1.54, 1.807) is 26.0 Å². The molecule has 2 rings (SSSR count). The Balaban J connectivity index is 2.55. The first-order valence-electron chi connectivity index (χ1n) is 7.13. The number of hydrogen-bond acceptors (Lipinski definition) is 6. The number of aliphatic hydroxyl groups is 1. The molecule has 0 aliphatic carbocycles. The van der Waals surface area contributed by atoms with Crippen molar-refractivity contribution >= 4 is 25.8 Å². The highest BCUT2D eigenvalue weighted by Gasteiger charge is 2.45. The van der Waals surface area contributed by atoms with Crippen LogP contribution in [0.15, 0.2) is 23.1 Å². The predicted molar refractivity (Wildman–Crippen MR) is 85.9 cm³/mol. The monoisotopic (exact) mass is 377 g/mol. The van der Waals surface area contributed by atoms with Crippen LogP contribution in [-0.4, -0.2) is 67.5 Å². The summed E-state index contributed by atoms with van der Waals surface area (Å²) in [7, 11) is -7.92. The molecular formula is C14H19NO7S2. The number of carboxylic acid groups (broad SMARTS) is 1. The lowest BCUT2D eigenvalue weighted by molar-refractivity contribution is -0.137. The lowest BCUT2D eigenvalue weighted by atomic mass is 10.2. The molecule has 1 aromatic rings. The molecule has 10 heteroatoms. The third kappa shape index (κ3) is 3.77. The van der Waals surface area contributed by atoms with Crippen LogP contribution in [-0.2, 0) is 24.7 Å². The van der Waals surface area contributed by atoms with Gasteiger partial charge in [-0.1, -0.05) is 12.1 Å². The Labute approximate surface area is 140 Å². The molecule has 0 unspecified atom stereocenters. The molecule has 0 bridgehead atoms. The molecule has 1 heterocycles. The highest BCUT2D eigenvalue weighted by Crippen LogP contribution is 2.27. The Hall–Kier alpha value is -1.49. The SMILES string of the molecule is Cc1ccc(C)c(S(=O)(=O)N(CC(=O)O)[C@H]2CS(=O)(=O)C[C@@H]2O)c1. The normalized spacial score (nSPS) is 23.5. The third-order valence-corrected chi connectivity index (χ3v) is 7.60. The Kier molecular flexibility index (Phi) is 5.05. The topological polar surface area (TPSA) is 129 Å². The summed E-state index contributed by atoms with van der Waals surface area (Å²) in [5.74, 6) is -2.62. The van der Waals surface area contributed by atoms with E-state index in [2.05, 4.69) is 0 Å². The number of sulfone groups is 1. The smallest absolute Gasteiger partial charge is 0.318 e. The molecule has 1 aliphatic rings. The number of hydrogen-bond donors (Lipinski definition) is 2. The molecule has 1 aromatic carbocycles. The van der Waals surface area contributed by atoms with Gasteiger partial charge in [-0.25, -0.2) is 16.8 Å². The number of aliphatic hydroxyl groups excluding tert-OH is 1. The van der Waals surface area contributed by atoms with E-state index in [9.17, 15) is 26.7 Å². The maximum atomic E-state index is 12.9. The molecule has 1 aliphatic heterocycles. The first-order chi connectivity index (χ1) is 10.9. The summed E-state index contributed by atoms with van der Waals surface area (Å²) in [5, 5.41) is 19.0. The highest BCUT2D eigenvalue weighted by atomic mass is 32.2. The van der Waals surface area contributed by atoms with Crippen LogP contribution in [0.25, 0.3) is 0 Å². The van der Waals surface area contributed by atoms with Crippen molar-refractivity contribution in [3.63, 3.8) is 0 Å². The summed E-state index contributed by atoms with van der Waals surface area (Å²) in [6.07, 6.45) is -1.46. The van der Waals surface area contributed by atoms with E-state index in [0.29, 0.717) is 15.4 Å². The molecule has 0 radical (unpaired) electrons. The van der Waals surface area contributed by atoms with Crippen molar-refractivity contribution in [1.29, 1.82) is 0 Å². The van der Waals surface area contributed by atoms with Crippen LogP contribution < -0.4 is 0 Å². The first kappa shape index (κ1) is 18.8. The maximum Gasteiger partial charge on any atom is 0.318 e. The second-order valence-corrected chi connectivity index (χ2v) is 9.94. The molecule has 0 aromatic heterocycles. The Bertz CT molecular complexity index is 861. The lowest BCUT2D eigenvalue weighted by Gasteiger charge is -2.28. The summed E-state index contributed by atoms with van der Waals surface area (Å²) < 4.78 is 49.9. The van der Waals surface area contributed by atoms with Crippen molar-refractivity contribution in [1.82, 2.24) is 4.31 Å². The van der Waals surface area contributed by atoms with Crippen LogP contribution in [0.4, 0.5) is 0 Å². The van der Waals surface area contributed by atoms with Gasteiger partial charge in [0.1, 0.15) is 6.54 Å². The van der Waals surface area contributed by atoms with Crippen LogP contribution in [0.2, 0.25) is 0 Å². The van der Waals surface area contributed by atoms with Crippen LogP contribution in [0.5, 0.6) is 0 Å². The van der Waals surface area contributed by atoms with Gasteiger partial charge in [0.25, 0.3) is 0 Å². The fraction of sp³-hybridized carbons (Fsp3) is 0.500. The zero-order valence-electron chi connectivity index (χ0n) is 13.2. The summed E-state index contributed by atoms with van der Waals surface area (Å²) in [5.41, 5.74) is 1.07. The number of aliphatic carboxylic acids is 1. The lowest BCUT2D eigenvalue weighted by Crippen LogP contribution is -2.49. The molecular weight excluding hydrogens is 358 g/mol. The van der Waals surface area contributed by atoms with E-state index >= 15 is 0 Å². The third-order valence-electron chi connectivity index (χ3n) is 3.88. The van der Waals surface area contributed by atoms with Crippen LogP contribution in [0.1, 0.15) is 11.1 Å². The fourth-order valence-corrected chi connectivity index (χ4v) is 6.52. The minimum atomic E-state index is -4.29. The van der Waals surface area contributed by atoms with Gasteiger partial charge in [0.15, 0.2) is 9.84 Å². The van der Waals surface area contributed by atoms with Crippen molar-refractivity contribution in [2.45, 2.75) is 30.9 Å². The van der Waals surface area contributed by atoms with E-state index in [-0.39, 0.29) is 4.90 Å². The molecule has 0 amide bonds. The van der Waals surface area contributed by atoms with E-state index in [4.69, 9.17) is 5.11 Å². The molecule has 1 fully saturated rings. The van der Waals surface area contributed by atoms with Gasteiger partial charge >= 0.3 is 5.97 Å². The molecule has 8 nitrogen and oxygen atoms in total. The number of nitrogens with zero attached hydrogens (tertiary/aromatic N) is 1. The Morgan fingerprint density at radius 2 is 1.92 bits per heavy atom. The minimum absolute atomic E-state index is 0.0970. The highest BCUT2D eigenvalue weighted by molar-refractivity contribution is 7.92. The summed E-state index contributed by atoms with van der Waals surface area (Å²) in [4.78, 5) is 11.0. The van der Waals surface area contributed by atoms with Gasteiger partial charge in [-0.3, -0.25) is 4.79 Å². The van der Waals surface area contributed by atoms with Crippen molar-refractivity contribution in [2.24, 2.45) is 0 Å². The number of sulfonamides is 1. The number of rotatable bonds is 5. The van der Waals surface area contributed by atoms with Gasteiger partial charge in [-0.05, 0) is 31.0 Å². The second kappa shape index (κ2) is 6.43. The van der Waals surface area contributed by atoms with Gasteiger partial charge < -0.3 is 10.2 Å². The zero-order chi connectivity index (χ0) is 18.3. The minimum Gasteiger partial charge on any atom is -0.480 e. The van der Waals surface area contributed by atoms with Crippen molar-refractivity contribution in [3.05, 3.63) is 29.3 Å². The van der Waals surface area contributed by atoms with E-state index in [1.807, 2.05) is 0 Å². The largest absolute Gasteiger partial charge is 0.480 e. The van der Waals surface area contributed by atoms with Gasteiger partial charge in [0, 0.05) is 0 Å². The molecule has 0 saturated carbocycles. The van der Waals surface area contributed by atoms with Gasteiger partial charge in [-0.15, -0.1) is 0 Å². The standard InChI is InChI=1S/C14H19NO7S2/c1-9-3-4-10(2)13(5-9)24(21,22)15(6-14(17)18)11-7-23(19,20)8-12(11)16/h3-5,11-12,16H,6-8H2,1-2H3,(H,17,18)/t11-,12-/m0/s1. The summed E-state index contributed by atoms with van der Waals surface area (Å²) in [6, 6.07) is 3.37. The van der Waals surface area contributed by atoms with Crippen LogP contribution >= 0.6 is 0 Å². The Morgan fingerprint density at radius 3 is 2.42 bits per heavy atom. The molecule has 2 N–H and O–H groups in total. The van der Waals surface area contributed by atoms with E-state index in [0.717, 1.165) is 0 Å². The molecule has 1 saturated heterocycles. The average molecular weight is 377 g/mol. The summed E-state index contributed by atoms with van der Waals surface area (Å²) in [6.45, 7) is 2.33. The second-order valence-electron chi connectivity index (χ2n) is 5.92. The van der Waals surface area contributed by atoms with Crippen LogP contribution in [0.3, 0.4) is 0 Å². The number of carboxylic acids is 1. The predicted octanol–water partition coefficient (Wildman–Crippen LogP) is -0.463. The van der Waals surface area contributed by atoms with Crippen LogP contribution in [0, 0.1) is 13.8 Å². The fourth-order valence-electron chi connectivity index (χ4n) is 2.71. The molecule has 2 atom stereocenters. The number of carbonyl (C=O) groups is 1. The van der Waals surface area contributed by atoms with Crippen molar-refractivity contribution in [2.75, 3.05) is 18.1 Å². The first-order valence-corrected chi connectivity index (χ1v) is 10.4. The summed E-state index contributed by atoms with van der Waals surface area (Å²) >= 11 is 0. The zero-order valence-corrected chi connectivity index (χ0v) is 14.8. The molecule has 0 spiro atoms. The van der Waals surface area contributed by atoms with E-state index in [1.165, 1.54) is 6.07 Å². The van der Waals surface area contributed by atoms with Crippen molar-refractivity contribution in [3.8, 4) is 0 Å².